The average Bonchev–Trinajstić information content (AvgIpc) is 3.21. The Kier molecular flexibility index (Phi) is 7.36. The Balaban J connectivity index is 1.29. The van der Waals surface area contributed by atoms with E-state index in [9.17, 15) is 4.79 Å². The first-order valence-corrected chi connectivity index (χ1v) is 10.9. The number of piperazine rings is 1. The van der Waals surface area contributed by atoms with Crippen LogP contribution in [-0.2, 0) is 10.2 Å². The molecule has 1 aromatic rings. The van der Waals surface area contributed by atoms with E-state index in [2.05, 4.69) is 54.8 Å². The Morgan fingerprint density at radius 3 is 2.14 bits per heavy atom. The maximum Gasteiger partial charge on any atom is 0.236 e. The number of benzene rings is 1. The monoisotopic (exact) mass is 387 g/mol. The minimum atomic E-state index is 0.180. The highest BCUT2D eigenvalue weighted by molar-refractivity contribution is 5.78. The predicted octanol–water partition coefficient (Wildman–Crippen LogP) is 2.99. The molecule has 0 radical (unpaired) electrons. The molecule has 0 aliphatic carbocycles. The van der Waals surface area contributed by atoms with Gasteiger partial charge in [0.1, 0.15) is 5.75 Å². The minimum absolute atomic E-state index is 0.180. The van der Waals surface area contributed by atoms with Gasteiger partial charge in [0, 0.05) is 45.8 Å². The van der Waals surface area contributed by atoms with Gasteiger partial charge in [0.2, 0.25) is 5.91 Å². The minimum Gasteiger partial charge on any atom is -0.494 e. The molecular formula is C23H37N3O2. The van der Waals surface area contributed by atoms with Crippen LogP contribution in [0.4, 0.5) is 0 Å². The first kappa shape index (κ1) is 21.1. The standard InChI is InChI=1S/C23H37N3O2/c1-23(2,3)20-7-9-21(10-8-20)28-18-6-11-24-14-16-25(17-15-24)19-22(27)26-12-4-5-13-26/h7-10H,4-6,11-19H2,1-3H3. The van der Waals surface area contributed by atoms with Gasteiger partial charge >= 0.3 is 0 Å². The third-order valence-corrected chi connectivity index (χ3v) is 5.89. The van der Waals surface area contributed by atoms with Crippen molar-refractivity contribution in [1.29, 1.82) is 0 Å². The summed E-state index contributed by atoms with van der Waals surface area (Å²) in [6, 6.07) is 8.49. The summed E-state index contributed by atoms with van der Waals surface area (Å²) in [6.07, 6.45) is 3.37. The van der Waals surface area contributed by atoms with Gasteiger partial charge in [-0.1, -0.05) is 32.9 Å². The quantitative estimate of drug-likeness (QED) is 0.674. The lowest BCUT2D eigenvalue weighted by Gasteiger charge is -2.35. The van der Waals surface area contributed by atoms with E-state index in [0.717, 1.165) is 64.6 Å². The molecule has 5 heteroatoms. The molecule has 2 aliphatic heterocycles. The molecule has 2 heterocycles. The third-order valence-electron chi connectivity index (χ3n) is 5.89. The highest BCUT2D eigenvalue weighted by atomic mass is 16.5. The van der Waals surface area contributed by atoms with E-state index in [-0.39, 0.29) is 5.41 Å². The number of ether oxygens (including phenoxy) is 1. The summed E-state index contributed by atoms with van der Waals surface area (Å²) >= 11 is 0. The maximum absolute atomic E-state index is 12.3. The molecule has 2 aliphatic rings. The fourth-order valence-electron chi connectivity index (χ4n) is 3.96. The van der Waals surface area contributed by atoms with Crippen LogP contribution in [-0.4, -0.2) is 79.6 Å². The molecule has 0 aromatic heterocycles. The summed E-state index contributed by atoms with van der Waals surface area (Å²) in [5.41, 5.74) is 1.51. The van der Waals surface area contributed by atoms with Crippen LogP contribution in [0.3, 0.4) is 0 Å². The number of carbonyl (C=O) groups excluding carboxylic acids is 1. The third kappa shape index (κ3) is 6.21. The number of carbonyl (C=O) groups is 1. The highest BCUT2D eigenvalue weighted by Gasteiger charge is 2.23. The molecule has 0 saturated carbocycles. The van der Waals surface area contributed by atoms with Crippen molar-refractivity contribution >= 4 is 5.91 Å². The van der Waals surface area contributed by atoms with E-state index in [0.29, 0.717) is 12.5 Å². The number of nitrogens with zero attached hydrogens (tertiary/aromatic N) is 3. The van der Waals surface area contributed by atoms with Gasteiger partial charge in [-0.15, -0.1) is 0 Å². The Labute approximate surface area is 170 Å². The Morgan fingerprint density at radius 2 is 1.54 bits per heavy atom. The molecule has 156 valence electrons. The van der Waals surface area contributed by atoms with Crippen LogP contribution in [0, 0.1) is 0 Å². The second-order valence-corrected chi connectivity index (χ2v) is 9.18. The van der Waals surface area contributed by atoms with Crippen molar-refractivity contribution in [2.24, 2.45) is 0 Å². The number of hydrogen-bond acceptors (Lipinski definition) is 4. The molecule has 5 nitrogen and oxygen atoms in total. The van der Waals surface area contributed by atoms with Crippen LogP contribution < -0.4 is 4.74 Å². The summed E-state index contributed by atoms with van der Waals surface area (Å²) in [4.78, 5) is 19.1. The summed E-state index contributed by atoms with van der Waals surface area (Å²) in [6.45, 7) is 15.1. The molecular weight excluding hydrogens is 350 g/mol. The summed E-state index contributed by atoms with van der Waals surface area (Å²) < 4.78 is 5.91. The van der Waals surface area contributed by atoms with Crippen LogP contribution in [0.1, 0.15) is 45.6 Å². The Bertz CT molecular complexity index is 610. The van der Waals surface area contributed by atoms with Gasteiger partial charge in [0.25, 0.3) is 0 Å². The van der Waals surface area contributed by atoms with Gasteiger partial charge in [0.15, 0.2) is 0 Å². The zero-order chi connectivity index (χ0) is 20.0. The number of hydrogen-bond donors (Lipinski definition) is 0. The van der Waals surface area contributed by atoms with E-state index in [1.807, 2.05) is 4.90 Å². The topological polar surface area (TPSA) is 36.0 Å². The van der Waals surface area contributed by atoms with Gasteiger partial charge in [-0.2, -0.15) is 0 Å². The summed E-state index contributed by atoms with van der Waals surface area (Å²) in [7, 11) is 0. The van der Waals surface area contributed by atoms with Crippen LogP contribution >= 0.6 is 0 Å². The van der Waals surface area contributed by atoms with Crippen molar-refractivity contribution in [2.75, 3.05) is 59.0 Å². The van der Waals surface area contributed by atoms with E-state index in [1.165, 1.54) is 18.4 Å². The average molecular weight is 388 g/mol. The van der Waals surface area contributed by atoms with Gasteiger partial charge < -0.3 is 14.5 Å². The second-order valence-electron chi connectivity index (χ2n) is 9.18. The zero-order valence-corrected chi connectivity index (χ0v) is 18.0. The van der Waals surface area contributed by atoms with E-state index in [1.54, 1.807) is 0 Å². The van der Waals surface area contributed by atoms with Crippen LogP contribution in [0.25, 0.3) is 0 Å². The smallest absolute Gasteiger partial charge is 0.236 e. The van der Waals surface area contributed by atoms with Gasteiger partial charge in [-0.3, -0.25) is 9.69 Å². The predicted molar refractivity (Wildman–Crippen MR) is 114 cm³/mol. The number of amides is 1. The molecule has 0 bridgehead atoms. The molecule has 2 saturated heterocycles. The molecule has 28 heavy (non-hydrogen) atoms. The van der Waals surface area contributed by atoms with E-state index >= 15 is 0 Å². The van der Waals surface area contributed by atoms with Crippen LogP contribution in [0.15, 0.2) is 24.3 Å². The fourth-order valence-corrected chi connectivity index (χ4v) is 3.96. The van der Waals surface area contributed by atoms with Gasteiger partial charge in [-0.05, 0) is 42.4 Å². The van der Waals surface area contributed by atoms with Crippen molar-refractivity contribution < 1.29 is 9.53 Å². The molecule has 2 fully saturated rings. The number of likely N-dealkylation sites (tertiary alicyclic amines) is 1. The van der Waals surface area contributed by atoms with Crippen molar-refractivity contribution in [1.82, 2.24) is 14.7 Å². The van der Waals surface area contributed by atoms with Crippen molar-refractivity contribution in [3.05, 3.63) is 29.8 Å². The van der Waals surface area contributed by atoms with Gasteiger partial charge in [0.05, 0.1) is 13.2 Å². The first-order chi connectivity index (χ1) is 13.4. The van der Waals surface area contributed by atoms with E-state index in [4.69, 9.17) is 4.74 Å². The molecule has 3 rings (SSSR count). The molecule has 1 aromatic carbocycles. The summed E-state index contributed by atoms with van der Waals surface area (Å²) in [5.74, 6) is 1.27. The Hall–Kier alpha value is -1.59. The SMILES string of the molecule is CC(C)(C)c1ccc(OCCCN2CCN(CC(=O)N3CCCC3)CC2)cc1. The molecule has 0 unspecified atom stereocenters. The van der Waals surface area contributed by atoms with Crippen molar-refractivity contribution in [2.45, 2.75) is 45.4 Å². The lowest BCUT2D eigenvalue weighted by molar-refractivity contribution is -0.131. The fraction of sp³-hybridized carbons (Fsp3) is 0.696. The highest BCUT2D eigenvalue weighted by Crippen LogP contribution is 2.24. The summed E-state index contributed by atoms with van der Waals surface area (Å²) in [5, 5.41) is 0. The van der Waals surface area contributed by atoms with Crippen LogP contribution in [0.5, 0.6) is 5.75 Å². The maximum atomic E-state index is 12.3. The van der Waals surface area contributed by atoms with Crippen molar-refractivity contribution in [3.8, 4) is 5.75 Å². The molecule has 0 N–H and O–H groups in total. The molecule has 1 amide bonds. The first-order valence-electron chi connectivity index (χ1n) is 10.9. The molecule has 0 atom stereocenters. The number of rotatable bonds is 7. The zero-order valence-electron chi connectivity index (χ0n) is 18.0. The van der Waals surface area contributed by atoms with E-state index < -0.39 is 0 Å². The second kappa shape index (κ2) is 9.75. The molecule has 0 spiro atoms. The normalized spacial score (nSPS) is 19.2. The lowest BCUT2D eigenvalue weighted by atomic mass is 9.87. The van der Waals surface area contributed by atoms with Crippen LogP contribution in [0.2, 0.25) is 0 Å². The largest absolute Gasteiger partial charge is 0.494 e. The van der Waals surface area contributed by atoms with Crippen molar-refractivity contribution in [3.63, 3.8) is 0 Å². The van der Waals surface area contributed by atoms with Gasteiger partial charge in [-0.25, -0.2) is 0 Å². The lowest BCUT2D eigenvalue weighted by Crippen LogP contribution is -2.50. The Morgan fingerprint density at radius 1 is 0.929 bits per heavy atom.